The molecule has 0 unspecified atom stereocenters. The minimum Gasteiger partial charge on any atom is -0.421 e. The molecule has 2 heterocycles. The molecule has 0 saturated carbocycles. The van der Waals surface area contributed by atoms with Crippen molar-refractivity contribution in [3.05, 3.63) is 30.4 Å². The van der Waals surface area contributed by atoms with Crippen molar-refractivity contribution in [3.8, 4) is 11.8 Å². The van der Waals surface area contributed by atoms with Crippen LogP contribution >= 0.6 is 11.6 Å². The van der Waals surface area contributed by atoms with Gasteiger partial charge in [-0.3, -0.25) is 9.67 Å². The zero-order valence-electron chi connectivity index (χ0n) is 8.09. The van der Waals surface area contributed by atoms with E-state index in [0.29, 0.717) is 11.6 Å². The number of aromatic nitrogens is 4. The molecule has 78 valence electrons. The van der Waals surface area contributed by atoms with Gasteiger partial charge in [0.25, 0.3) is 0 Å². The number of rotatable bonds is 3. The number of ether oxygens (including phenoxy) is 1. The number of nitrogens with zero attached hydrogens (tertiary/aromatic N) is 4. The van der Waals surface area contributed by atoms with E-state index in [4.69, 9.17) is 16.3 Å². The van der Waals surface area contributed by atoms with Crippen LogP contribution in [0.1, 0.15) is 5.56 Å². The minimum atomic E-state index is 0.289. The molecule has 15 heavy (non-hydrogen) atoms. The molecule has 0 fully saturated rings. The fraction of sp³-hybridized carbons (Fsp3) is 0.222. The quantitative estimate of drug-likeness (QED) is 0.746. The normalized spacial score (nSPS) is 10.3. The van der Waals surface area contributed by atoms with Crippen molar-refractivity contribution in [2.24, 2.45) is 7.05 Å². The number of halogens is 1. The van der Waals surface area contributed by atoms with Gasteiger partial charge in [0.15, 0.2) is 5.75 Å². The smallest absolute Gasteiger partial charge is 0.341 e. The molecule has 0 aliphatic carbocycles. The molecule has 0 bridgehead atoms. The van der Waals surface area contributed by atoms with Gasteiger partial charge in [0.05, 0.1) is 12.1 Å². The molecule has 6 heteroatoms. The van der Waals surface area contributed by atoms with Crippen molar-refractivity contribution in [2.45, 2.75) is 5.88 Å². The van der Waals surface area contributed by atoms with Gasteiger partial charge in [-0.15, -0.1) is 16.7 Å². The van der Waals surface area contributed by atoms with Gasteiger partial charge in [0, 0.05) is 18.8 Å². The highest BCUT2D eigenvalue weighted by atomic mass is 35.5. The maximum absolute atomic E-state index is 5.75. The Labute approximate surface area is 91.7 Å². The first-order valence-electron chi connectivity index (χ1n) is 4.32. The van der Waals surface area contributed by atoms with E-state index in [9.17, 15) is 0 Å². The summed E-state index contributed by atoms with van der Waals surface area (Å²) < 4.78 is 6.99. The summed E-state index contributed by atoms with van der Waals surface area (Å²) in [6.45, 7) is 0. The third-order valence-electron chi connectivity index (χ3n) is 1.79. The summed E-state index contributed by atoms with van der Waals surface area (Å²) in [6.07, 6.45) is 4.82. The molecule has 0 saturated heterocycles. The van der Waals surface area contributed by atoms with Crippen LogP contribution in [0.15, 0.2) is 24.8 Å². The number of hydrogen-bond donors (Lipinski definition) is 0. The molecule has 0 spiro atoms. The van der Waals surface area contributed by atoms with Gasteiger partial charge in [-0.1, -0.05) is 0 Å². The molecular weight excluding hydrogens is 216 g/mol. The Balaban J connectivity index is 2.23. The summed E-state index contributed by atoms with van der Waals surface area (Å²) in [4.78, 5) is 7.90. The molecule has 5 nitrogen and oxygen atoms in total. The third-order valence-corrected chi connectivity index (χ3v) is 2.08. The Bertz CT molecular complexity index is 457. The Kier molecular flexibility index (Phi) is 2.82. The Morgan fingerprint density at radius 2 is 2.40 bits per heavy atom. The summed E-state index contributed by atoms with van der Waals surface area (Å²) in [7, 11) is 1.77. The maximum atomic E-state index is 5.75. The Hall–Kier alpha value is -1.62. The van der Waals surface area contributed by atoms with E-state index in [1.807, 2.05) is 0 Å². The van der Waals surface area contributed by atoms with E-state index < -0.39 is 0 Å². The predicted octanol–water partition coefficient (Wildman–Crippen LogP) is 1.74. The van der Waals surface area contributed by atoms with E-state index >= 15 is 0 Å². The molecule has 0 aliphatic rings. The van der Waals surface area contributed by atoms with Crippen molar-refractivity contribution in [2.75, 3.05) is 0 Å². The summed E-state index contributed by atoms with van der Waals surface area (Å²) in [6, 6.07) is 2.09. The zero-order chi connectivity index (χ0) is 10.7. The van der Waals surface area contributed by atoms with Crippen LogP contribution in [-0.2, 0) is 12.9 Å². The maximum Gasteiger partial charge on any atom is 0.341 e. The molecule has 2 aromatic heterocycles. The van der Waals surface area contributed by atoms with Crippen LogP contribution in [0.3, 0.4) is 0 Å². The zero-order valence-corrected chi connectivity index (χ0v) is 8.85. The highest BCUT2D eigenvalue weighted by molar-refractivity contribution is 6.17. The largest absolute Gasteiger partial charge is 0.421 e. The molecular formula is C9H9ClN4O. The van der Waals surface area contributed by atoms with Gasteiger partial charge in [-0.2, -0.15) is 4.98 Å². The molecule has 0 aliphatic heterocycles. The van der Waals surface area contributed by atoms with Gasteiger partial charge < -0.3 is 4.74 Å². The fourth-order valence-corrected chi connectivity index (χ4v) is 1.30. The lowest BCUT2D eigenvalue weighted by atomic mass is 10.3. The first kappa shape index (κ1) is 9.92. The van der Waals surface area contributed by atoms with E-state index in [0.717, 1.165) is 5.56 Å². The van der Waals surface area contributed by atoms with Gasteiger partial charge in [0.2, 0.25) is 0 Å². The van der Waals surface area contributed by atoms with Crippen LogP contribution in [0.2, 0.25) is 0 Å². The Morgan fingerprint density at radius 1 is 1.53 bits per heavy atom. The van der Waals surface area contributed by atoms with Gasteiger partial charge >= 0.3 is 6.01 Å². The summed E-state index contributed by atoms with van der Waals surface area (Å²) in [5.74, 6) is 0.948. The highest BCUT2D eigenvalue weighted by Gasteiger charge is 2.06. The van der Waals surface area contributed by atoms with Crippen molar-refractivity contribution in [1.29, 1.82) is 0 Å². The molecule has 0 N–H and O–H groups in total. The van der Waals surface area contributed by atoms with E-state index in [2.05, 4.69) is 15.1 Å². The van der Waals surface area contributed by atoms with Crippen LogP contribution in [0, 0.1) is 0 Å². The number of hydrogen-bond acceptors (Lipinski definition) is 4. The average molecular weight is 225 g/mol. The summed E-state index contributed by atoms with van der Waals surface area (Å²) >= 11 is 5.75. The Morgan fingerprint density at radius 3 is 3.07 bits per heavy atom. The number of pyridine rings is 1. The van der Waals surface area contributed by atoms with E-state index in [1.54, 1.807) is 36.5 Å². The monoisotopic (exact) mass is 224 g/mol. The fourth-order valence-electron chi connectivity index (χ4n) is 1.08. The molecule has 0 amide bonds. The van der Waals surface area contributed by atoms with Crippen LogP contribution in [0.5, 0.6) is 11.8 Å². The number of alkyl halides is 1. The second-order valence-electron chi connectivity index (χ2n) is 2.92. The predicted molar refractivity (Wildman–Crippen MR) is 54.9 cm³/mol. The SMILES string of the molecule is Cn1cnc(Oc2cnccc2CCl)n1. The lowest BCUT2D eigenvalue weighted by Crippen LogP contribution is -1.93. The second kappa shape index (κ2) is 4.27. The first-order valence-corrected chi connectivity index (χ1v) is 4.85. The minimum absolute atomic E-state index is 0.289. The van der Waals surface area contributed by atoms with E-state index in [1.165, 1.54) is 0 Å². The van der Waals surface area contributed by atoms with Crippen molar-refractivity contribution in [1.82, 2.24) is 19.7 Å². The van der Waals surface area contributed by atoms with Crippen molar-refractivity contribution in [3.63, 3.8) is 0 Å². The molecule has 2 aromatic rings. The molecule has 0 radical (unpaired) electrons. The molecule has 2 rings (SSSR count). The van der Waals surface area contributed by atoms with Crippen LogP contribution in [-0.4, -0.2) is 19.7 Å². The summed E-state index contributed by atoms with van der Waals surface area (Å²) in [5.41, 5.74) is 0.860. The lowest BCUT2D eigenvalue weighted by Gasteiger charge is -2.04. The van der Waals surface area contributed by atoms with Gasteiger partial charge in [0.1, 0.15) is 6.33 Å². The van der Waals surface area contributed by atoms with Crippen LogP contribution in [0.25, 0.3) is 0 Å². The third kappa shape index (κ3) is 2.24. The van der Waals surface area contributed by atoms with Crippen molar-refractivity contribution < 1.29 is 4.74 Å². The molecule has 0 aromatic carbocycles. The standard InChI is InChI=1S/C9H9ClN4O/c1-14-6-12-9(13-14)15-8-5-11-3-2-7(8)4-10/h2-3,5-6H,4H2,1H3. The second-order valence-corrected chi connectivity index (χ2v) is 3.19. The van der Waals surface area contributed by atoms with Crippen LogP contribution in [0.4, 0.5) is 0 Å². The lowest BCUT2D eigenvalue weighted by molar-refractivity contribution is 0.433. The van der Waals surface area contributed by atoms with E-state index in [-0.39, 0.29) is 6.01 Å². The topological polar surface area (TPSA) is 52.8 Å². The first-order chi connectivity index (χ1) is 7.29. The van der Waals surface area contributed by atoms with Gasteiger partial charge in [-0.05, 0) is 6.07 Å². The van der Waals surface area contributed by atoms with Crippen LogP contribution < -0.4 is 4.74 Å². The summed E-state index contributed by atoms with van der Waals surface area (Å²) in [5, 5.41) is 3.99. The van der Waals surface area contributed by atoms with Gasteiger partial charge in [-0.25, -0.2) is 0 Å². The van der Waals surface area contributed by atoms with Crippen molar-refractivity contribution >= 4 is 11.6 Å². The molecule has 0 atom stereocenters. The average Bonchev–Trinajstić information content (AvgIpc) is 2.65. The number of aryl methyl sites for hydroxylation is 1. The highest BCUT2D eigenvalue weighted by Crippen LogP contribution is 2.22.